The lowest BCUT2D eigenvalue weighted by atomic mass is 10.0. The van der Waals surface area contributed by atoms with Crippen LogP contribution in [0.5, 0.6) is 0 Å². The quantitative estimate of drug-likeness (QED) is 0.0343. The monoisotopic (exact) mass is 1060 g/mol. The van der Waals surface area contributed by atoms with Crippen LogP contribution in [-0.4, -0.2) is 37.2 Å². The summed E-state index contributed by atoms with van der Waals surface area (Å²) in [6, 6.07) is 0. The molecule has 0 radical (unpaired) electrons. The summed E-state index contributed by atoms with van der Waals surface area (Å²) in [5.41, 5.74) is 0. The van der Waals surface area contributed by atoms with Crippen molar-refractivity contribution in [3.05, 3.63) is 0 Å². The Labute approximate surface area is 469 Å². The van der Waals surface area contributed by atoms with Crippen molar-refractivity contribution < 1.29 is 28.6 Å². The Morgan fingerprint density at radius 1 is 0.213 bits per heavy atom. The number of unbranched alkanes of at least 4 members (excludes halogenated alkanes) is 54. The Balaban J connectivity index is 3.96. The predicted octanol–water partition coefficient (Wildman–Crippen LogP) is 23.5. The number of hydrogen-bond acceptors (Lipinski definition) is 6. The minimum atomic E-state index is -0.761. The lowest BCUT2D eigenvalue weighted by Gasteiger charge is -2.18. The molecule has 75 heavy (non-hydrogen) atoms. The van der Waals surface area contributed by atoms with Crippen molar-refractivity contribution in [3.63, 3.8) is 0 Å². The van der Waals surface area contributed by atoms with Gasteiger partial charge in [0.2, 0.25) is 0 Å². The minimum Gasteiger partial charge on any atom is -0.462 e. The van der Waals surface area contributed by atoms with Crippen LogP contribution < -0.4 is 0 Å². The molecular formula is C69H134O6. The highest BCUT2D eigenvalue weighted by Gasteiger charge is 2.19. The lowest BCUT2D eigenvalue weighted by Crippen LogP contribution is -2.30. The molecule has 0 fully saturated rings. The minimum absolute atomic E-state index is 0.0612. The van der Waals surface area contributed by atoms with Gasteiger partial charge in [-0.05, 0) is 19.3 Å². The molecule has 0 aliphatic rings. The van der Waals surface area contributed by atoms with Crippen LogP contribution in [0.1, 0.15) is 406 Å². The summed E-state index contributed by atoms with van der Waals surface area (Å²) in [5, 5.41) is 0. The van der Waals surface area contributed by atoms with Gasteiger partial charge >= 0.3 is 17.9 Å². The zero-order valence-electron chi connectivity index (χ0n) is 51.4. The number of rotatable bonds is 65. The van der Waals surface area contributed by atoms with Crippen LogP contribution in [0.4, 0.5) is 0 Å². The van der Waals surface area contributed by atoms with Crippen LogP contribution in [0.3, 0.4) is 0 Å². The van der Waals surface area contributed by atoms with E-state index in [1.807, 2.05) is 0 Å². The fourth-order valence-corrected chi connectivity index (χ4v) is 10.9. The smallest absolute Gasteiger partial charge is 0.306 e. The average Bonchev–Trinajstić information content (AvgIpc) is 3.41. The summed E-state index contributed by atoms with van der Waals surface area (Å²) >= 11 is 0. The number of carbonyl (C=O) groups excluding carboxylic acids is 3. The highest BCUT2D eigenvalue weighted by molar-refractivity contribution is 5.71. The van der Waals surface area contributed by atoms with Crippen molar-refractivity contribution in [2.24, 2.45) is 0 Å². The zero-order chi connectivity index (χ0) is 54.3. The molecule has 0 aromatic rings. The van der Waals surface area contributed by atoms with Gasteiger partial charge in [0, 0.05) is 19.3 Å². The third kappa shape index (κ3) is 63.1. The van der Waals surface area contributed by atoms with Crippen LogP contribution in [0, 0.1) is 0 Å². The topological polar surface area (TPSA) is 78.9 Å². The van der Waals surface area contributed by atoms with Gasteiger partial charge in [0.25, 0.3) is 0 Å². The summed E-state index contributed by atoms with van der Waals surface area (Å²) in [5.74, 6) is -0.833. The number of carbonyl (C=O) groups is 3. The number of hydrogen-bond donors (Lipinski definition) is 0. The molecule has 0 aliphatic heterocycles. The standard InChI is InChI=1S/C69H134O6/c1-4-7-10-13-16-19-21-23-25-27-28-29-30-31-32-33-34-35-36-37-38-39-40-41-43-44-46-48-50-53-56-59-62-68(71)74-65-66(64-73-67(70)61-58-55-52-18-15-12-9-6-3)75-69(72)63-60-57-54-51-49-47-45-42-26-24-22-20-17-14-11-8-5-2/h66H,4-65H2,1-3H3. The summed E-state index contributed by atoms with van der Waals surface area (Å²) in [4.78, 5) is 38.1. The molecule has 0 aromatic heterocycles. The molecule has 0 amide bonds. The number of esters is 3. The van der Waals surface area contributed by atoms with E-state index in [1.165, 1.54) is 308 Å². The Bertz CT molecular complexity index is 1120. The highest BCUT2D eigenvalue weighted by Crippen LogP contribution is 2.19. The normalized spacial score (nSPS) is 11.9. The van der Waals surface area contributed by atoms with Gasteiger partial charge in [-0.1, -0.05) is 367 Å². The molecular weight excluding hydrogens is 925 g/mol. The first kappa shape index (κ1) is 73.4. The number of ether oxygens (including phenoxy) is 3. The molecule has 0 aromatic carbocycles. The van der Waals surface area contributed by atoms with Gasteiger partial charge in [-0.15, -0.1) is 0 Å². The molecule has 1 unspecified atom stereocenters. The molecule has 1 atom stereocenters. The van der Waals surface area contributed by atoms with Crippen LogP contribution in [0.25, 0.3) is 0 Å². The van der Waals surface area contributed by atoms with Gasteiger partial charge in [-0.25, -0.2) is 0 Å². The first-order valence-corrected chi connectivity index (χ1v) is 34.5. The van der Waals surface area contributed by atoms with E-state index in [9.17, 15) is 14.4 Å². The summed E-state index contributed by atoms with van der Waals surface area (Å²) in [7, 11) is 0. The summed E-state index contributed by atoms with van der Waals surface area (Å²) in [6.07, 6.45) is 75.9. The second-order valence-corrected chi connectivity index (χ2v) is 23.8. The van der Waals surface area contributed by atoms with E-state index >= 15 is 0 Å². The fourth-order valence-electron chi connectivity index (χ4n) is 10.9. The van der Waals surface area contributed by atoms with Crippen LogP contribution >= 0.6 is 0 Å². The third-order valence-corrected chi connectivity index (χ3v) is 16.1. The van der Waals surface area contributed by atoms with Gasteiger partial charge in [-0.2, -0.15) is 0 Å². The Morgan fingerprint density at radius 3 is 0.533 bits per heavy atom. The molecule has 0 aliphatic carbocycles. The van der Waals surface area contributed by atoms with Crippen molar-refractivity contribution in [3.8, 4) is 0 Å². The molecule has 6 heteroatoms. The summed E-state index contributed by atoms with van der Waals surface area (Å²) in [6.45, 7) is 6.70. The van der Waals surface area contributed by atoms with Crippen molar-refractivity contribution in [1.29, 1.82) is 0 Å². The first-order valence-electron chi connectivity index (χ1n) is 34.5. The summed E-state index contributed by atoms with van der Waals surface area (Å²) < 4.78 is 16.9. The van der Waals surface area contributed by atoms with Crippen molar-refractivity contribution in [2.45, 2.75) is 412 Å². The van der Waals surface area contributed by atoms with E-state index in [4.69, 9.17) is 14.2 Å². The Morgan fingerprint density at radius 2 is 0.360 bits per heavy atom. The average molecular weight is 1060 g/mol. The Kier molecular flexibility index (Phi) is 63.6. The van der Waals surface area contributed by atoms with Gasteiger partial charge in [-0.3, -0.25) is 14.4 Å². The van der Waals surface area contributed by atoms with Crippen LogP contribution in [0.15, 0.2) is 0 Å². The van der Waals surface area contributed by atoms with E-state index in [2.05, 4.69) is 20.8 Å². The molecule has 446 valence electrons. The van der Waals surface area contributed by atoms with Crippen molar-refractivity contribution in [1.82, 2.24) is 0 Å². The molecule has 0 saturated heterocycles. The fraction of sp³-hybridized carbons (Fsp3) is 0.957. The van der Waals surface area contributed by atoms with Crippen molar-refractivity contribution in [2.75, 3.05) is 13.2 Å². The van der Waals surface area contributed by atoms with Crippen molar-refractivity contribution >= 4 is 17.9 Å². The molecule has 0 N–H and O–H groups in total. The maximum Gasteiger partial charge on any atom is 0.306 e. The maximum atomic E-state index is 12.9. The molecule has 0 rings (SSSR count). The van der Waals surface area contributed by atoms with Crippen LogP contribution in [0.2, 0.25) is 0 Å². The molecule has 0 bridgehead atoms. The third-order valence-electron chi connectivity index (χ3n) is 16.1. The van der Waals surface area contributed by atoms with E-state index in [0.717, 1.165) is 57.8 Å². The maximum absolute atomic E-state index is 12.9. The van der Waals surface area contributed by atoms with E-state index in [0.29, 0.717) is 19.3 Å². The zero-order valence-corrected chi connectivity index (χ0v) is 51.4. The van der Waals surface area contributed by atoms with E-state index < -0.39 is 6.10 Å². The molecule has 6 nitrogen and oxygen atoms in total. The van der Waals surface area contributed by atoms with Gasteiger partial charge in [0.15, 0.2) is 6.10 Å². The predicted molar refractivity (Wildman–Crippen MR) is 326 cm³/mol. The second-order valence-electron chi connectivity index (χ2n) is 23.8. The molecule has 0 spiro atoms. The lowest BCUT2D eigenvalue weighted by molar-refractivity contribution is -0.167. The second kappa shape index (κ2) is 64.9. The largest absolute Gasteiger partial charge is 0.462 e. The SMILES string of the molecule is CCCCCCCCCCCCCCCCCCCCCCCCCCCCCCCCCCC(=O)OCC(COC(=O)CCCCCCCCCC)OC(=O)CCCCCCCCCCCCCCCCCCC. The van der Waals surface area contributed by atoms with Gasteiger partial charge in [0.05, 0.1) is 0 Å². The highest BCUT2D eigenvalue weighted by atomic mass is 16.6. The van der Waals surface area contributed by atoms with Gasteiger partial charge < -0.3 is 14.2 Å². The van der Waals surface area contributed by atoms with E-state index in [1.54, 1.807) is 0 Å². The first-order chi connectivity index (χ1) is 37.0. The Hall–Kier alpha value is -1.59. The van der Waals surface area contributed by atoms with E-state index in [-0.39, 0.29) is 31.1 Å². The van der Waals surface area contributed by atoms with Crippen LogP contribution in [-0.2, 0) is 28.6 Å². The van der Waals surface area contributed by atoms with Gasteiger partial charge in [0.1, 0.15) is 13.2 Å². The molecule has 0 heterocycles. The molecule has 0 saturated carbocycles.